The number of fused-ring (bicyclic) bond motifs is 1. The molecule has 140 valence electrons. The maximum Gasteiger partial charge on any atom is 0.387 e. The molecule has 0 fully saturated rings. The lowest BCUT2D eigenvalue weighted by molar-refractivity contribution is -0.0692. The molecule has 0 amide bonds. The summed E-state index contributed by atoms with van der Waals surface area (Å²) in [5, 5.41) is 7.68. The average Bonchev–Trinajstić information content (AvgIpc) is 2.61. The number of halogens is 4. The van der Waals surface area contributed by atoms with Gasteiger partial charge in [-0.3, -0.25) is 4.79 Å². The van der Waals surface area contributed by atoms with Gasteiger partial charge in [-0.15, -0.1) is 5.10 Å². The molecule has 0 bridgehead atoms. The summed E-state index contributed by atoms with van der Waals surface area (Å²) in [6, 6.07) is 4.94. The molecule has 0 unspecified atom stereocenters. The van der Waals surface area contributed by atoms with E-state index in [4.69, 9.17) is 0 Å². The Morgan fingerprint density at radius 1 is 1.00 bits per heavy atom. The molecule has 0 aliphatic carbocycles. The Hall–Kier alpha value is -3.50. The number of rotatable bonds is 6. The first kappa shape index (κ1) is 18.3. The molecule has 2 aromatic heterocycles. The van der Waals surface area contributed by atoms with Gasteiger partial charge in [-0.25, -0.2) is 0 Å². The minimum atomic E-state index is -3.22. The fourth-order valence-electron chi connectivity index (χ4n) is 2.18. The first-order chi connectivity index (χ1) is 12.9. The summed E-state index contributed by atoms with van der Waals surface area (Å²) in [5.74, 6) is -0.953. The number of hydrogen-bond donors (Lipinski definition) is 1. The van der Waals surface area contributed by atoms with Gasteiger partial charge in [-0.1, -0.05) is 12.1 Å². The molecule has 27 heavy (non-hydrogen) atoms. The van der Waals surface area contributed by atoms with Crippen molar-refractivity contribution in [1.82, 2.24) is 20.2 Å². The lowest BCUT2D eigenvalue weighted by atomic mass is 10.2. The molecule has 3 rings (SSSR count). The second kappa shape index (κ2) is 7.81. The highest BCUT2D eigenvalue weighted by atomic mass is 19.3. The molecule has 7 nitrogen and oxygen atoms in total. The van der Waals surface area contributed by atoms with Crippen LogP contribution in [0, 0.1) is 0 Å². The van der Waals surface area contributed by atoms with E-state index < -0.39 is 30.3 Å². The van der Waals surface area contributed by atoms with Crippen molar-refractivity contribution in [3.8, 4) is 11.5 Å². The van der Waals surface area contributed by atoms with Gasteiger partial charge < -0.3 is 14.5 Å². The number of aromatic amines is 1. The van der Waals surface area contributed by atoms with Crippen LogP contribution in [0.2, 0.25) is 0 Å². The highest BCUT2D eigenvalue weighted by Gasteiger charge is 2.15. The topological polar surface area (TPSA) is 90.0 Å². The molecule has 0 aliphatic rings. The zero-order valence-electron chi connectivity index (χ0n) is 13.3. The van der Waals surface area contributed by atoms with E-state index in [9.17, 15) is 22.4 Å². The summed E-state index contributed by atoms with van der Waals surface area (Å²) in [4.78, 5) is 18.5. The van der Waals surface area contributed by atoms with Crippen molar-refractivity contribution >= 4 is 23.2 Å². The molecule has 11 heteroatoms. The number of alkyl halides is 4. The van der Waals surface area contributed by atoms with Crippen LogP contribution in [0.1, 0.15) is 11.4 Å². The molecule has 0 aliphatic heterocycles. The molecule has 0 spiro atoms. The molecule has 0 saturated carbocycles. The van der Waals surface area contributed by atoms with E-state index in [1.807, 2.05) is 0 Å². The predicted octanol–water partition coefficient (Wildman–Crippen LogP) is 3.09. The van der Waals surface area contributed by atoms with Gasteiger partial charge in [0, 0.05) is 0 Å². The Labute approximate surface area is 148 Å². The molecule has 2 heterocycles. The highest BCUT2D eigenvalue weighted by Crippen LogP contribution is 2.31. The van der Waals surface area contributed by atoms with Crippen molar-refractivity contribution in [2.75, 3.05) is 0 Å². The Morgan fingerprint density at radius 2 is 1.74 bits per heavy atom. The van der Waals surface area contributed by atoms with Gasteiger partial charge in [0.2, 0.25) is 0 Å². The van der Waals surface area contributed by atoms with Gasteiger partial charge in [0.15, 0.2) is 17.1 Å². The fourth-order valence-corrected chi connectivity index (χ4v) is 2.18. The Bertz CT molecular complexity index is 1040. The third-order valence-electron chi connectivity index (χ3n) is 3.25. The first-order valence-corrected chi connectivity index (χ1v) is 7.36. The van der Waals surface area contributed by atoms with Crippen molar-refractivity contribution in [2.24, 2.45) is 0 Å². The van der Waals surface area contributed by atoms with Crippen LogP contribution >= 0.6 is 0 Å². The van der Waals surface area contributed by atoms with Gasteiger partial charge in [0.25, 0.3) is 5.56 Å². The van der Waals surface area contributed by atoms with Crippen LogP contribution in [0.3, 0.4) is 0 Å². The molecular formula is C16H10F4N4O3. The summed E-state index contributed by atoms with van der Waals surface area (Å²) in [6.07, 6.45) is 4.14. The number of aromatic nitrogens is 4. The Balaban J connectivity index is 1.91. The van der Waals surface area contributed by atoms with Gasteiger partial charge in [-0.05, 0) is 29.8 Å². The molecule has 1 N–H and O–H groups in total. The second-order valence-corrected chi connectivity index (χ2v) is 5.02. The Kier molecular flexibility index (Phi) is 5.29. The van der Waals surface area contributed by atoms with E-state index in [0.29, 0.717) is 5.56 Å². The zero-order valence-corrected chi connectivity index (χ0v) is 13.3. The molecular weight excluding hydrogens is 372 g/mol. The molecule has 0 atom stereocenters. The summed E-state index contributed by atoms with van der Waals surface area (Å²) in [7, 11) is 0. The minimum absolute atomic E-state index is 0.136. The lowest BCUT2D eigenvalue weighted by Crippen LogP contribution is -2.10. The van der Waals surface area contributed by atoms with Gasteiger partial charge in [0.1, 0.15) is 5.82 Å². The van der Waals surface area contributed by atoms with Crippen molar-refractivity contribution < 1.29 is 27.0 Å². The van der Waals surface area contributed by atoms with E-state index in [-0.39, 0.29) is 16.9 Å². The number of nitrogens with zero attached hydrogens (tertiary/aromatic N) is 3. The summed E-state index contributed by atoms with van der Waals surface area (Å²) in [5.41, 5.74) is 0.00872. The number of ether oxygens (including phenoxy) is 2. The summed E-state index contributed by atoms with van der Waals surface area (Å²) in [6.45, 7) is -6.42. The average molecular weight is 382 g/mol. The van der Waals surface area contributed by atoms with Crippen LogP contribution in [0.25, 0.3) is 23.2 Å². The smallest absolute Gasteiger partial charge is 0.387 e. The van der Waals surface area contributed by atoms with Crippen LogP contribution in [0.5, 0.6) is 11.5 Å². The first-order valence-electron chi connectivity index (χ1n) is 7.36. The summed E-state index contributed by atoms with van der Waals surface area (Å²) >= 11 is 0. The number of nitrogens with one attached hydrogen (secondary N) is 1. The minimum Gasteiger partial charge on any atom is -0.431 e. The zero-order chi connectivity index (χ0) is 19.4. The van der Waals surface area contributed by atoms with E-state index in [1.165, 1.54) is 30.5 Å². The van der Waals surface area contributed by atoms with Crippen LogP contribution in [0.4, 0.5) is 17.6 Å². The predicted molar refractivity (Wildman–Crippen MR) is 86.6 cm³/mol. The second-order valence-electron chi connectivity index (χ2n) is 5.02. The summed E-state index contributed by atoms with van der Waals surface area (Å²) < 4.78 is 58.0. The van der Waals surface area contributed by atoms with Crippen LogP contribution < -0.4 is 15.0 Å². The number of benzene rings is 1. The van der Waals surface area contributed by atoms with Gasteiger partial charge >= 0.3 is 13.2 Å². The number of hydrogen-bond acceptors (Lipinski definition) is 6. The van der Waals surface area contributed by atoms with Crippen molar-refractivity contribution in [1.29, 1.82) is 0 Å². The largest absolute Gasteiger partial charge is 0.431 e. The van der Waals surface area contributed by atoms with E-state index in [1.54, 1.807) is 0 Å². The highest BCUT2D eigenvalue weighted by molar-refractivity contribution is 5.75. The Morgan fingerprint density at radius 3 is 2.48 bits per heavy atom. The van der Waals surface area contributed by atoms with Crippen LogP contribution in [-0.4, -0.2) is 33.4 Å². The van der Waals surface area contributed by atoms with Crippen LogP contribution in [-0.2, 0) is 0 Å². The van der Waals surface area contributed by atoms with Crippen molar-refractivity contribution in [3.05, 3.63) is 52.2 Å². The normalized spacial score (nSPS) is 11.6. The standard InChI is InChI=1S/C16H10F4N4O3/c17-15(18)26-10-3-1-8(7-11(10)27-16(19)20)2-4-12-22-13-9(14(25)23-12)5-6-21-24-13/h1-7,15-16H,(H,22,23,24,25)/b4-2+. The fraction of sp³-hybridized carbons (Fsp3) is 0.125. The molecule has 3 aromatic rings. The van der Waals surface area contributed by atoms with Gasteiger partial charge in [0.05, 0.1) is 11.6 Å². The number of H-pyrrole nitrogens is 1. The van der Waals surface area contributed by atoms with Crippen LogP contribution in [0.15, 0.2) is 35.3 Å². The third-order valence-corrected chi connectivity index (χ3v) is 3.25. The van der Waals surface area contributed by atoms with Crippen molar-refractivity contribution in [3.63, 3.8) is 0 Å². The van der Waals surface area contributed by atoms with E-state index in [2.05, 4.69) is 29.6 Å². The SMILES string of the molecule is O=c1nc(/C=C/c2ccc(OC(F)F)c(OC(F)F)c2)[nH]c2nnccc12. The third kappa shape index (κ3) is 4.57. The monoisotopic (exact) mass is 382 g/mol. The van der Waals surface area contributed by atoms with E-state index >= 15 is 0 Å². The van der Waals surface area contributed by atoms with Crippen molar-refractivity contribution in [2.45, 2.75) is 13.2 Å². The quantitative estimate of drug-likeness (QED) is 0.659. The maximum atomic E-state index is 12.5. The molecule has 0 saturated heterocycles. The molecule has 1 aromatic carbocycles. The van der Waals surface area contributed by atoms with E-state index in [0.717, 1.165) is 12.1 Å². The molecule has 0 radical (unpaired) electrons. The maximum absolute atomic E-state index is 12.5. The lowest BCUT2D eigenvalue weighted by Gasteiger charge is -2.12. The van der Waals surface area contributed by atoms with Gasteiger partial charge in [-0.2, -0.15) is 27.6 Å².